The molecule has 0 bridgehead atoms. The topological polar surface area (TPSA) is 39.7 Å². The fraction of sp³-hybridized carbons (Fsp3) is 0.600. The molecule has 0 saturated carbocycles. The van der Waals surface area contributed by atoms with Crippen LogP contribution in [0.25, 0.3) is 0 Å². The van der Waals surface area contributed by atoms with Crippen LogP contribution in [0.3, 0.4) is 0 Å². The smallest absolute Gasteiger partial charge is 0.159 e. The van der Waals surface area contributed by atoms with E-state index in [-0.39, 0.29) is 12.3 Å². The average molecular weight is 265 g/mol. The Labute approximate surface area is 115 Å². The molecule has 0 aromatic heterocycles. The van der Waals surface area contributed by atoms with Crippen LogP contribution < -0.4 is 10.1 Å². The predicted molar refractivity (Wildman–Crippen MR) is 74.3 cm³/mol. The molecule has 106 valence electrons. The summed E-state index contributed by atoms with van der Waals surface area (Å²) < 4.78 is 16.6. The Bertz CT molecular complexity index is 360. The second-order valence-corrected chi connectivity index (χ2v) is 4.67. The van der Waals surface area contributed by atoms with Gasteiger partial charge in [-0.05, 0) is 31.2 Å². The Morgan fingerprint density at radius 3 is 2.53 bits per heavy atom. The van der Waals surface area contributed by atoms with Gasteiger partial charge in [-0.15, -0.1) is 0 Å². The van der Waals surface area contributed by atoms with Gasteiger partial charge in [0.25, 0.3) is 0 Å². The number of rotatable bonds is 7. The molecule has 19 heavy (non-hydrogen) atoms. The lowest BCUT2D eigenvalue weighted by atomic mass is 10.0. The molecule has 1 unspecified atom stereocenters. The molecule has 0 radical (unpaired) electrons. The molecule has 1 atom stereocenters. The van der Waals surface area contributed by atoms with Gasteiger partial charge in [0.1, 0.15) is 5.75 Å². The molecule has 1 aliphatic rings. The largest absolute Gasteiger partial charge is 0.494 e. The highest BCUT2D eigenvalue weighted by Gasteiger charge is 2.21. The maximum absolute atomic E-state index is 5.59. The number of ether oxygens (including phenoxy) is 3. The van der Waals surface area contributed by atoms with E-state index in [0.717, 1.165) is 25.2 Å². The molecule has 1 fully saturated rings. The first-order chi connectivity index (χ1) is 9.33. The molecular formula is C15H23NO3. The van der Waals surface area contributed by atoms with Crippen molar-refractivity contribution in [1.82, 2.24) is 5.32 Å². The zero-order chi connectivity index (χ0) is 13.5. The molecule has 1 aromatic carbocycles. The highest BCUT2D eigenvalue weighted by molar-refractivity contribution is 5.29. The summed E-state index contributed by atoms with van der Waals surface area (Å²) in [6.45, 7) is 4.27. The first-order valence-electron chi connectivity index (χ1n) is 6.96. The van der Waals surface area contributed by atoms with E-state index >= 15 is 0 Å². The normalized spacial score (nSPS) is 17.6. The molecule has 1 saturated heterocycles. The molecule has 0 aliphatic carbocycles. The first-order valence-corrected chi connectivity index (χ1v) is 6.96. The maximum atomic E-state index is 5.59. The van der Waals surface area contributed by atoms with Crippen molar-refractivity contribution >= 4 is 0 Å². The van der Waals surface area contributed by atoms with E-state index in [1.54, 1.807) is 0 Å². The molecule has 4 nitrogen and oxygen atoms in total. The standard InChI is InChI=1S/C15H23NO3/c1-3-8-17-13-6-4-12(5-7-13)14(16-2)11-15-18-9-10-19-15/h4-7,14-16H,3,8-11H2,1-2H3. The van der Waals surface area contributed by atoms with Gasteiger partial charge in [0.05, 0.1) is 19.8 Å². The average Bonchev–Trinajstić information content (AvgIpc) is 2.96. The summed E-state index contributed by atoms with van der Waals surface area (Å²) in [6, 6.07) is 8.47. The highest BCUT2D eigenvalue weighted by atomic mass is 16.7. The van der Waals surface area contributed by atoms with Crippen LogP contribution in [-0.2, 0) is 9.47 Å². The van der Waals surface area contributed by atoms with Crippen LogP contribution in [0.2, 0.25) is 0 Å². The van der Waals surface area contributed by atoms with Gasteiger partial charge in [-0.2, -0.15) is 0 Å². The summed E-state index contributed by atoms with van der Waals surface area (Å²) in [4.78, 5) is 0. The summed E-state index contributed by atoms with van der Waals surface area (Å²) in [5.41, 5.74) is 1.23. The summed E-state index contributed by atoms with van der Waals surface area (Å²) in [5, 5.41) is 3.31. The Morgan fingerprint density at radius 1 is 1.26 bits per heavy atom. The van der Waals surface area contributed by atoms with Crippen molar-refractivity contribution in [1.29, 1.82) is 0 Å². The van der Waals surface area contributed by atoms with Gasteiger partial charge in [-0.25, -0.2) is 0 Å². The Balaban J connectivity index is 1.93. The van der Waals surface area contributed by atoms with Crippen molar-refractivity contribution in [3.63, 3.8) is 0 Å². The predicted octanol–water partition coefficient (Wildman–Crippen LogP) is 2.50. The highest BCUT2D eigenvalue weighted by Crippen LogP contribution is 2.24. The molecule has 1 N–H and O–H groups in total. The van der Waals surface area contributed by atoms with Crippen molar-refractivity contribution < 1.29 is 14.2 Å². The van der Waals surface area contributed by atoms with E-state index in [1.165, 1.54) is 5.56 Å². The van der Waals surface area contributed by atoms with E-state index in [0.29, 0.717) is 13.2 Å². The fourth-order valence-electron chi connectivity index (χ4n) is 2.17. The molecule has 0 spiro atoms. The van der Waals surface area contributed by atoms with Gasteiger partial charge in [0, 0.05) is 12.5 Å². The van der Waals surface area contributed by atoms with Crippen LogP contribution in [0.5, 0.6) is 5.75 Å². The number of nitrogens with one attached hydrogen (secondary N) is 1. The summed E-state index contributed by atoms with van der Waals surface area (Å²) in [7, 11) is 1.96. The van der Waals surface area contributed by atoms with Crippen molar-refractivity contribution in [2.24, 2.45) is 0 Å². The number of hydrogen-bond donors (Lipinski definition) is 1. The quantitative estimate of drug-likeness (QED) is 0.822. The lowest BCUT2D eigenvalue weighted by molar-refractivity contribution is -0.0526. The van der Waals surface area contributed by atoms with Crippen LogP contribution in [0.4, 0.5) is 0 Å². The number of benzene rings is 1. The molecular weight excluding hydrogens is 242 g/mol. The minimum absolute atomic E-state index is 0.0894. The van der Waals surface area contributed by atoms with Crippen molar-refractivity contribution in [3.8, 4) is 5.75 Å². The van der Waals surface area contributed by atoms with Crippen molar-refractivity contribution in [3.05, 3.63) is 29.8 Å². The molecule has 2 rings (SSSR count). The van der Waals surface area contributed by atoms with Crippen LogP contribution in [0.1, 0.15) is 31.4 Å². The number of hydrogen-bond acceptors (Lipinski definition) is 4. The Morgan fingerprint density at radius 2 is 1.95 bits per heavy atom. The fourth-order valence-corrected chi connectivity index (χ4v) is 2.17. The Hall–Kier alpha value is -1.10. The van der Waals surface area contributed by atoms with Crippen molar-refractivity contribution in [2.45, 2.75) is 32.1 Å². The van der Waals surface area contributed by atoms with Gasteiger partial charge in [-0.3, -0.25) is 0 Å². The van der Waals surface area contributed by atoms with Crippen LogP contribution in [-0.4, -0.2) is 33.2 Å². The molecule has 1 heterocycles. The minimum atomic E-state index is -0.0894. The molecule has 1 aliphatic heterocycles. The SMILES string of the molecule is CCCOc1ccc(C(CC2OCCO2)NC)cc1. The lowest BCUT2D eigenvalue weighted by Gasteiger charge is -2.20. The van der Waals surface area contributed by atoms with E-state index in [9.17, 15) is 0 Å². The van der Waals surface area contributed by atoms with Gasteiger partial charge in [0.2, 0.25) is 0 Å². The van der Waals surface area contributed by atoms with Crippen LogP contribution in [0, 0.1) is 0 Å². The summed E-state index contributed by atoms with van der Waals surface area (Å²) in [5.74, 6) is 0.925. The van der Waals surface area contributed by atoms with E-state index in [4.69, 9.17) is 14.2 Å². The monoisotopic (exact) mass is 265 g/mol. The molecule has 4 heteroatoms. The van der Waals surface area contributed by atoms with Crippen LogP contribution >= 0.6 is 0 Å². The second-order valence-electron chi connectivity index (χ2n) is 4.67. The zero-order valence-electron chi connectivity index (χ0n) is 11.7. The second kappa shape index (κ2) is 7.48. The van der Waals surface area contributed by atoms with Gasteiger partial charge in [0.15, 0.2) is 6.29 Å². The van der Waals surface area contributed by atoms with Gasteiger partial charge >= 0.3 is 0 Å². The van der Waals surface area contributed by atoms with E-state index < -0.39 is 0 Å². The lowest BCUT2D eigenvalue weighted by Crippen LogP contribution is -2.22. The third-order valence-electron chi connectivity index (χ3n) is 3.22. The first kappa shape index (κ1) is 14.3. The van der Waals surface area contributed by atoms with Crippen LogP contribution in [0.15, 0.2) is 24.3 Å². The van der Waals surface area contributed by atoms with Gasteiger partial charge in [-0.1, -0.05) is 19.1 Å². The maximum Gasteiger partial charge on any atom is 0.159 e. The van der Waals surface area contributed by atoms with E-state index in [2.05, 4.69) is 24.4 Å². The molecule has 0 amide bonds. The zero-order valence-corrected chi connectivity index (χ0v) is 11.7. The minimum Gasteiger partial charge on any atom is -0.494 e. The Kier molecular flexibility index (Phi) is 5.63. The summed E-state index contributed by atoms with van der Waals surface area (Å²) in [6.07, 6.45) is 1.76. The third-order valence-corrected chi connectivity index (χ3v) is 3.22. The van der Waals surface area contributed by atoms with Crippen molar-refractivity contribution in [2.75, 3.05) is 26.9 Å². The summed E-state index contributed by atoms with van der Waals surface area (Å²) >= 11 is 0. The van der Waals surface area contributed by atoms with E-state index in [1.807, 2.05) is 19.2 Å². The third kappa shape index (κ3) is 4.20. The molecule has 1 aromatic rings. The van der Waals surface area contributed by atoms with Gasteiger partial charge < -0.3 is 19.5 Å².